The maximum Gasteiger partial charge on any atom is 0.129 e. The number of carbonyl (C=O) groups is 1. The van der Waals surface area contributed by atoms with Crippen LogP contribution in [0.25, 0.3) is 0 Å². The average Bonchev–Trinajstić information content (AvgIpc) is 1.67. The normalized spacial score (nSPS) is 16.1. The molecule has 1 atom stereocenters. The summed E-state index contributed by atoms with van der Waals surface area (Å²) in [5.74, 6) is 2.07. The molecule has 0 spiro atoms. The van der Waals surface area contributed by atoms with Crippen LogP contribution in [0, 0.1) is 12.3 Å². The van der Waals surface area contributed by atoms with Crippen LogP contribution in [0.5, 0.6) is 0 Å². The summed E-state index contributed by atoms with van der Waals surface area (Å²) >= 11 is 0. The van der Waals surface area contributed by atoms with Gasteiger partial charge in [-0.1, -0.05) is 5.92 Å². The number of carbonyl (C=O) groups excluding carboxylic acids is 1. The van der Waals surface area contributed by atoms with E-state index in [0.29, 0.717) is 6.29 Å². The lowest BCUT2D eigenvalue weighted by Crippen LogP contribution is -2.21. The summed E-state index contributed by atoms with van der Waals surface area (Å²) in [4.78, 5) is 9.72. The first-order valence-corrected chi connectivity index (χ1v) is 2.26. The third-order valence-corrected chi connectivity index (χ3v) is 0.792. The van der Waals surface area contributed by atoms with E-state index in [0.717, 1.165) is 0 Å². The Balaban J connectivity index is 3.76. The van der Waals surface area contributed by atoms with Gasteiger partial charge in [0.05, 0.1) is 0 Å². The zero-order valence-corrected chi connectivity index (χ0v) is 4.72. The molecule has 0 aliphatic rings. The van der Waals surface area contributed by atoms with Crippen molar-refractivity contribution in [1.82, 2.24) is 0 Å². The van der Waals surface area contributed by atoms with Gasteiger partial charge in [0.15, 0.2) is 0 Å². The van der Waals surface area contributed by atoms with Gasteiger partial charge in [-0.05, 0) is 6.92 Å². The number of hydrogen-bond acceptors (Lipinski definition) is 2. The minimum absolute atomic E-state index is 0.00347. The maximum absolute atomic E-state index is 9.72. The average molecular weight is 112 g/mol. The fourth-order valence-electron chi connectivity index (χ4n) is 0.221. The molecule has 0 aromatic rings. The summed E-state index contributed by atoms with van der Waals surface area (Å²) in [7, 11) is 0. The van der Waals surface area contributed by atoms with Gasteiger partial charge in [-0.3, -0.25) is 0 Å². The predicted molar refractivity (Wildman–Crippen MR) is 30.1 cm³/mol. The van der Waals surface area contributed by atoms with Gasteiger partial charge in [0.2, 0.25) is 0 Å². The van der Waals surface area contributed by atoms with E-state index < -0.39 is 5.60 Å². The molecule has 44 valence electrons. The van der Waals surface area contributed by atoms with Gasteiger partial charge in [0, 0.05) is 6.42 Å². The summed E-state index contributed by atoms with van der Waals surface area (Å²) in [5, 5.41) is 8.86. The van der Waals surface area contributed by atoms with Gasteiger partial charge in [0.1, 0.15) is 11.9 Å². The van der Waals surface area contributed by atoms with Crippen LogP contribution in [-0.2, 0) is 4.79 Å². The molecule has 0 aromatic carbocycles. The zero-order valence-electron chi connectivity index (χ0n) is 4.72. The summed E-state index contributed by atoms with van der Waals surface area (Å²) in [6.07, 6.45) is 5.43. The number of rotatable bonds is 2. The summed E-state index contributed by atoms with van der Waals surface area (Å²) < 4.78 is 0. The second-order valence-corrected chi connectivity index (χ2v) is 1.79. The minimum Gasteiger partial charge on any atom is -0.377 e. The lowest BCUT2D eigenvalue weighted by molar-refractivity contribution is -0.110. The molecule has 0 aliphatic heterocycles. The molecule has 1 unspecified atom stereocenters. The van der Waals surface area contributed by atoms with E-state index >= 15 is 0 Å². The highest BCUT2D eigenvalue weighted by atomic mass is 16.3. The van der Waals surface area contributed by atoms with Gasteiger partial charge in [-0.15, -0.1) is 6.42 Å². The lowest BCUT2D eigenvalue weighted by Gasteiger charge is -2.09. The molecule has 0 amide bonds. The summed E-state index contributed by atoms with van der Waals surface area (Å²) in [6, 6.07) is 0. The fraction of sp³-hybridized carbons (Fsp3) is 0.500. The van der Waals surface area contributed by atoms with Crippen molar-refractivity contribution in [2.75, 3.05) is 0 Å². The van der Waals surface area contributed by atoms with Crippen LogP contribution < -0.4 is 0 Å². The van der Waals surface area contributed by atoms with E-state index in [1.54, 1.807) is 0 Å². The summed E-state index contributed by atoms with van der Waals surface area (Å²) in [6.45, 7) is 1.42. The van der Waals surface area contributed by atoms with Crippen molar-refractivity contribution in [2.24, 2.45) is 0 Å². The van der Waals surface area contributed by atoms with Gasteiger partial charge in [0.25, 0.3) is 0 Å². The minimum atomic E-state index is -1.25. The van der Waals surface area contributed by atoms with Crippen LogP contribution in [0.2, 0.25) is 0 Å². The SMILES string of the molecule is C#CC(C)(O)CC=O. The van der Waals surface area contributed by atoms with E-state index in [4.69, 9.17) is 11.5 Å². The molecule has 8 heavy (non-hydrogen) atoms. The van der Waals surface area contributed by atoms with Crippen molar-refractivity contribution in [3.05, 3.63) is 0 Å². The first kappa shape index (κ1) is 7.19. The van der Waals surface area contributed by atoms with E-state index in [-0.39, 0.29) is 6.42 Å². The smallest absolute Gasteiger partial charge is 0.129 e. The zero-order chi connectivity index (χ0) is 6.62. The van der Waals surface area contributed by atoms with Crippen LogP contribution in [0.1, 0.15) is 13.3 Å². The Labute approximate surface area is 48.5 Å². The number of hydrogen-bond donors (Lipinski definition) is 1. The number of terminal acetylenes is 1. The Kier molecular flexibility index (Phi) is 2.23. The molecule has 1 N–H and O–H groups in total. The highest BCUT2D eigenvalue weighted by Crippen LogP contribution is 2.02. The van der Waals surface area contributed by atoms with Crippen LogP contribution >= 0.6 is 0 Å². The molecule has 0 aliphatic carbocycles. The molecule has 0 rings (SSSR count). The summed E-state index contributed by atoms with van der Waals surface area (Å²) in [5.41, 5.74) is -1.25. The van der Waals surface area contributed by atoms with Crippen LogP contribution in [0.15, 0.2) is 0 Å². The van der Waals surface area contributed by atoms with E-state index in [9.17, 15) is 4.79 Å². The lowest BCUT2D eigenvalue weighted by atomic mass is 10.1. The topological polar surface area (TPSA) is 37.3 Å². The Bertz CT molecular complexity index is 119. The Morgan fingerprint density at radius 3 is 2.62 bits per heavy atom. The van der Waals surface area contributed by atoms with Gasteiger partial charge in [-0.2, -0.15) is 0 Å². The highest BCUT2D eigenvalue weighted by Gasteiger charge is 2.13. The van der Waals surface area contributed by atoms with Crippen molar-refractivity contribution in [3.8, 4) is 12.3 Å². The van der Waals surface area contributed by atoms with E-state index in [2.05, 4.69) is 5.92 Å². The number of aliphatic hydroxyl groups is 1. The monoisotopic (exact) mass is 112 g/mol. The van der Waals surface area contributed by atoms with Crippen molar-refractivity contribution in [2.45, 2.75) is 18.9 Å². The molecule has 2 heteroatoms. The molecular weight excluding hydrogens is 104 g/mol. The Morgan fingerprint density at radius 1 is 2.00 bits per heavy atom. The van der Waals surface area contributed by atoms with Gasteiger partial charge >= 0.3 is 0 Å². The Morgan fingerprint density at radius 2 is 2.50 bits per heavy atom. The molecule has 0 fully saturated rings. The third kappa shape index (κ3) is 2.38. The van der Waals surface area contributed by atoms with Crippen molar-refractivity contribution in [3.63, 3.8) is 0 Å². The largest absolute Gasteiger partial charge is 0.377 e. The molecule has 0 saturated heterocycles. The molecule has 0 aromatic heterocycles. The molecular formula is C6H8O2. The van der Waals surface area contributed by atoms with Crippen LogP contribution in [-0.4, -0.2) is 17.0 Å². The Hall–Kier alpha value is -0.810. The van der Waals surface area contributed by atoms with Gasteiger partial charge in [-0.25, -0.2) is 0 Å². The first-order chi connectivity index (χ1) is 3.62. The molecule has 0 saturated carbocycles. The predicted octanol–water partition coefficient (Wildman–Crippen LogP) is -0.0404. The highest BCUT2D eigenvalue weighted by molar-refractivity contribution is 5.52. The molecule has 2 nitrogen and oxygen atoms in total. The quantitative estimate of drug-likeness (QED) is 0.402. The second-order valence-electron chi connectivity index (χ2n) is 1.79. The molecule has 0 heterocycles. The standard InChI is InChI=1S/C6H8O2/c1-3-6(2,8)4-5-7/h1,5,8H,4H2,2H3. The van der Waals surface area contributed by atoms with Crippen molar-refractivity contribution < 1.29 is 9.90 Å². The van der Waals surface area contributed by atoms with Crippen molar-refractivity contribution >= 4 is 6.29 Å². The van der Waals surface area contributed by atoms with Crippen LogP contribution in [0.3, 0.4) is 0 Å². The van der Waals surface area contributed by atoms with Gasteiger partial charge < -0.3 is 9.90 Å². The molecule has 0 bridgehead atoms. The number of aldehydes is 1. The van der Waals surface area contributed by atoms with E-state index in [1.165, 1.54) is 6.92 Å². The third-order valence-electron chi connectivity index (χ3n) is 0.792. The van der Waals surface area contributed by atoms with E-state index in [1.807, 2.05) is 0 Å². The fourth-order valence-corrected chi connectivity index (χ4v) is 0.221. The van der Waals surface area contributed by atoms with Crippen molar-refractivity contribution in [1.29, 1.82) is 0 Å². The first-order valence-electron chi connectivity index (χ1n) is 2.26. The second kappa shape index (κ2) is 2.49. The maximum atomic E-state index is 9.72. The van der Waals surface area contributed by atoms with Crippen LogP contribution in [0.4, 0.5) is 0 Å². The molecule has 0 radical (unpaired) electrons.